The highest BCUT2D eigenvalue weighted by Gasteiger charge is 2.37. The highest BCUT2D eigenvalue weighted by molar-refractivity contribution is 5.80. The van der Waals surface area contributed by atoms with Crippen LogP contribution >= 0.6 is 0 Å². The van der Waals surface area contributed by atoms with Crippen molar-refractivity contribution >= 4 is 12.0 Å². The van der Waals surface area contributed by atoms with Gasteiger partial charge in [0.1, 0.15) is 12.4 Å². The Morgan fingerprint density at radius 1 is 1.22 bits per heavy atom. The van der Waals surface area contributed by atoms with E-state index in [1.807, 2.05) is 42.5 Å². The van der Waals surface area contributed by atoms with Gasteiger partial charge in [0.2, 0.25) is 5.91 Å². The molecular formula is C22H23F2NO2. The van der Waals surface area contributed by atoms with E-state index in [1.54, 1.807) is 12.1 Å². The number of hydrogen-bond acceptors (Lipinski definition) is 2. The second kappa shape index (κ2) is 8.33. The summed E-state index contributed by atoms with van der Waals surface area (Å²) >= 11 is 0. The largest absolute Gasteiger partial charge is 0.489 e. The molecule has 0 unspecified atom stereocenters. The Labute approximate surface area is 158 Å². The molecule has 27 heavy (non-hydrogen) atoms. The Morgan fingerprint density at radius 3 is 2.70 bits per heavy atom. The Kier molecular flexibility index (Phi) is 5.89. The van der Waals surface area contributed by atoms with Crippen LogP contribution in [0, 0.1) is 0 Å². The molecule has 1 aliphatic heterocycles. The minimum absolute atomic E-state index is 0.0296. The van der Waals surface area contributed by atoms with Crippen molar-refractivity contribution in [3.8, 4) is 5.75 Å². The van der Waals surface area contributed by atoms with E-state index in [0.29, 0.717) is 30.9 Å². The minimum Gasteiger partial charge on any atom is -0.489 e. The number of alkyl halides is 2. The summed E-state index contributed by atoms with van der Waals surface area (Å²) in [6.45, 7) is 3.98. The summed E-state index contributed by atoms with van der Waals surface area (Å²) in [6.07, 6.45) is 1.88. The molecule has 1 saturated heterocycles. The summed E-state index contributed by atoms with van der Waals surface area (Å²) in [5.74, 6) is -2.52. The lowest BCUT2D eigenvalue weighted by atomic mass is 10.0. The Balaban J connectivity index is 1.74. The van der Waals surface area contributed by atoms with Crippen molar-refractivity contribution < 1.29 is 18.3 Å². The number of halogens is 2. The first kappa shape index (κ1) is 19.1. The molecule has 0 radical (unpaired) electrons. The van der Waals surface area contributed by atoms with Gasteiger partial charge >= 0.3 is 0 Å². The first-order valence-corrected chi connectivity index (χ1v) is 9.04. The topological polar surface area (TPSA) is 29.5 Å². The number of piperidine rings is 1. The van der Waals surface area contributed by atoms with Gasteiger partial charge in [-0.15, -0.1) is 0 Å². The average molecular weight is 371 g/mol. The van der Waals surface area contributed by atoms with Crippen LogP contribution in [-0.2, 0) is 17.8 Å². The van der Waals surface area contributed by atoms with E-state index in [2.05, 4.69) is 6.58 Å². The normalized spacial score (nSPS) is 16.0. The van der Waals surface area contributed by atoms with E-state index in [4.69, 9.17) is 4.74 Å². The molecule has 0 aromatic heterocycles. The number of nitrogens with zero attached hydrogens (tertiary/aromatic N) is 1. The monoisotopic (exact) mass is 371 g/mol. The predicted molar refractivity (Wildman–Crippen MR) is 102 cm³/mol. The third kappa shape index (κ3) is 5.16. The number of carbonyl (C=O) groups is 1. The molecule has 0 atom stereocenters. The molecule has 0 spiro atoms. The van der Waals surface area contributed by atoms with Crippen molar-refractivity contribution in [3.05, 3.63) is 71.8 Å². The van der Waals surface area contributed by atoms with Gasteiger partial charge in [0.05, 0.1) is 13.0 Å². The van der Waals surface area contributed by atoms with Crippen molar-refractivity contribution in [2.75, 3.05) is 13.1 Å². The van der Waals surface area contributed by atoms with Gasteiger partial charge in [-0.3, -0.25) is 4.79 Å². The van der Waals surface area contributed by atoms with Crippen LogP contribution in [0.2, 0.25) is 0 Å². The van der Waals surface area contributed by atoms with E-state index >= 15 is 0 Å². The van der Waals surface area contributed by atoms with Crippen molar-refractivity contribution in [2.24, 2.45) is 0 Å². The number of ether oxygens (including phenoxy) is 1. The lowest BCUT2D eigenvalue weighted by molar-refractivity contribution is -0.140. The number of carbonyl (C=O) groups excluding carboxylic acids is 1. The zero-order valence-corrected chi connectivity index (χ0v) is 15.2. The quantitative estimate of drug-likeness (QED) is 0.736. The average Bonchev–Trinajstić information content (AvgIpc) is 2.67. The van der Waals surface area contributed by atoms with Gasteiger partial charge in [-0.2, -0.15) is 0 Å². The van der Waals surface area contributed by atoms with Gasteiger partial charge in [0.25, 0.3) is 5.92 Å². The third-order valence-corrected chi connectivity index (χ3v) is 4.64. The fourth-order valence-corrected chi connectivity index (χ4v) is 3.19. The fourth-order valence-electron chi connectivity index (χ4n) is 3.19. The number of amides is 1. The van der Waals surface area contributed by atoms with Gasteiger partial charge < -0.3 is 9.64 Å². The van der Waals surface area contributed by atoms with Crippen LogP contribution in [0.4, 0.5) is 8.78 Å². The molecule has 1 heterocycles. The molecule has 0 N–H and O–H groups in total. The molecule has 0 bridgehead atoms. The molecule has 0 aliphatic carbocycles. The first-order valence-electron chi connectivity index (χ1n) is 9.04. The Morgan fingerprint density at radius 2 is 2.00 bits per heavy atom. The highest BCUT2D eigenvalue weighted by atomic mass is 19.3. The molecule has 3 rings (SSSR count). The van der Waals surface area contributed by atoms with Crippen molar-refractivity contribution in [1.82, 2.24) is 4.90 Å². The maximum Gasteiger partial charge on any atom is 0.265 e. The maximum absolute atomic E-state index is 13.6. The molecule has 3 nitrogen and oxygen atoms in total. The molecule has 1 fully saturated rings. The van der Waals surface area contributed by atoms with Crippen molar-refractivity contribution in [2.45, 2.75) is 31.8 Å². The number of rotatable bonds is 6. The lowest BCUT2D eigenvalue weighted by Crippen LogP contribution is -2.46. The van der Waals surface area contributed by atoms with Gasteiger partial charge in [-0.1, -0.05) is 49.1 Å². The zero-order valence-electron chi connectivity index (χ0n) is 15.2. The summed E-state index contributed by atoms with van der Waals surface area (Å²) in [6, 6.07) is 15.2. The SMILES string of the molecule is C=Cc1ccc(OCc2ccccc2)c(CC(=O)N2CCCC(F)(F)C2)c1. The molecule has 0 saturated carbocycles. The molecule has 142 valence electrons. The molecule has 5 heteroatoms. The van der Waals surface area contributed by atoms with Crippen LogP contribution in [0.1, 0.15) is 29.5 Å². The van der Waals surface area contributed by atoms with Gasteiger partial charge in [-0.05, 0) is 29.7 Å². The van der Waals surface area contributed by atoms with Crippen LogP contribution < -0.4 is 4.74 Å². The van der Waals surface area contributed by atoms with Crippen LogP contribution in [-0.4, -0.2) is 29.8 Å². The number of benzene rings is 2. The van der Waals surface area contributed by atoms with Gasteiger partial charge in [0, 0.05) is 18.5 Å². The van der Waals surface area contributed by atoms with E-state index < -0.39 is 12.5 Å². The van der Waals surface area contributed by atoms with Crippen molar-refractivity contribution in [1.29, 1.82) is 0 Å². The standard InChI is InChI=1S/C22H23F2NO2/c1-2-17-9-10-20(27-15-18-7-4-3-5-8-18)19(13-17)14-21(26)25-12-6-11-22(23,24)16-25/h2-5,7-10,13H,1,6,11-12,14-16H2. The summed E-state index contributed by atoms with van der Waals surface area (Å²) in [5.41, 5.74) is 2.55. The fraction of sp³-hybridized carbons (Fsp3) is 0.318. The summed E-state index contributed by atoms with van der Waals surface area (Å²) in [5, 5.41) is 0. The molecule has 1 aliphatic rings. The maximum atomic E-state index is 13.6. The molecule has 2 aromatic carbocycles. The van der Waals surface area contributed by atoms with Crippen LogP contribution in [0.3, 0.4) is 0 Å². The second-order valence-corrected chi connectivity index (χ2v) is 6.80. The molecule has 2 aromatic rings. The predicted octanol–water partition coefficient (Wildman–Crippen LogP) is 4.71. The van der Waals surface area contributed by atoms with E-state index in [9.17, 15) is 13.6 Å². The van der Waals surface area contributed by atoms with E-state index in [-0.39, 0.29) is 18.7 Å². The summed E-state index contributed by atoms with van der Waals surface area (Å²) < 4.78 is 33.2. The highest BCUT2D eigenvalue weighted by Crippen LogP contribution is 2.28. The van der Waals surface area contributed by atoms with E-state index in [1.165, 1.54) is 4.90 Å². The number of hydrogen-bond donors (Lipinski definition) is 0. The second-order valence-electron chi connectivity index (χ2n) is 6.80. The molecular weight excluding hydrogens is 348 g/mol. The minimum atomic E-state index is -2.80. The lowest BCUT2D eigenvalue weighted by Gasteiger charge is -2.32. The van der Waals surface area contributed by atoms with Gasteiger partial charge in [0.15, 0.2) is 0 Å². The first-order chi connectivity index (χ1) is 13.0. The number of likely N-dealkylation sites (tertiary alicyclic amines) is 1. The zero-order chi connectivity index (χ0) is 19.3. The van der Waals surface area contributed by atoms with Crippen LogP contribution in [0.5, 0.6) is 5.75 Å². The van der Waals surface area contributed by atoms with E-state index in [0.717, 1.165) is 11.1 Å². The summed E-state index contributed by atoms with van der Waals surface area (Å²) in [7, 11) is 0. The Hall–Kier alpha value is -2.69. The smallest absolute Gasteiger partial charge is 0.265 e. The van der Waals surface area contributed by atoms with Crippen LogP contribution in [0.15, 0.2) is 55.1 Å². The van der Waals surface area contributed by atoms with Gasteiger partial charge in [-0.25, -0.2) is 8.78 Å². The summed E-state index contributed by atoms with van der Waals surface area (Å²) in [4.78, 5) is 13.8. The molecule has 1 amide bonds. The van der Waals surface area contributed by atoms with Crippen LogP contribution in [0.25, 0.3) is 6.08 Å². The van der Waals surface area contributed by atoms with Crippen molar-refractivity contribution in [3.63, 3.8) is 0 Å². The third-order valence-electron chi connectivity index (χ3n) is 4.64. The Bertz CT molecular complexity index is 805.